The minimum absolute atomic E-state index is 0. The Morgan fingerprint density at radius 2 is 1.64 bits per heavy atom. The molecule has 6 heteroatoms. The number of ether oxygens (including phenoxy) is 1. The maximum Gasteiger partial charge on any atom is 0.221 e. The van der Waals surface area contributed by atoms with Gasteiger partial charge in [-0.2, -0.15) is 0 Å². The number of rotatable bonds is 7. The van der Waals surface area contributed by atoms with Crippen molar-refractivity contribution in [2.24, 2.45) is 5.92 Å². The number of hydrogen-bond acceptors (Lipinski definition) is 4. The van der Waals surface area contributed by atoms with Crippen molar-refractivity contribution in [1.29, 1.82) is 0 Å². The predicted octanol–water partition coefficient (Wildman–Crippen LogP) is 7.98. The van der Waals surface area contributed by atoms with Crippen LogP contribution in [0.5, 0.6) is 5.75 Å². The summed E-state index contributed by atoms with van der Waals surface area (Å²) in [5.74, 6) is 1.48. The fourth-order valence-corrected chi connectivity index (χ4v) is 4.72. The molecule has 5 nitrogen and oxygen atoms in total. The quantitative estimate of drug-likeness (QED) is 0.269. The maximum absolute atomic E-state index is 11.6. The predicted molar refractivity (Wildman–Crippen MR) is 151 cm³/mol. The summed E-state index contributed by atoms with van der Waals surface area (Å²) in [6.45, 7) is 2.31. The molecule has 36 heavy (non-hydrogen) atoms. The molecule has 1 aromatic heterocycles. The van der Waals surface area contributed by atoms with E-state index in [9.17, 15) is 4.79 Å². The molecular formula is C30H32ClN3O2. The van der Waals surface area contributed by atoms with Crippen LogP contribution in [-0.4, -0.2) is 17.5 Å². The van der Waals surface area contributed by atoms with Gasteiger partial charge < -0.3 is 15.4 Å². The summed E-state index contributed by atoms with van der Waals surface area (Å²) >= 11 is 0. The van der Waals surface area contributed by atoms with E-state index in [4.69, 9.17) is 9.72 Å². The van der Waals surface area contributed by atoms with Crippen molar-refractivity contribution in [3.63, 3.8) is 0 Å². The Hall–Kier alpha value is -3.57. The molecule has 1 saturated carbocycles. The molecule has 3 aromatic carbocycles. The number of halogens is 1. The Kier molecular flexibility index (Phi) is 8.44. The highest BCUT2D eigenvalue weighted by Gasteiger charge is 2.14. The number of aromatic nitrogens is 1. The molecule has 0 aliphatic heterocycles. The molecule has 0 bridgehead atoms. The number of anilines is 3. The lowest BCUT2D eigenvalue weighted by Gasteiger charge is -2.21. The van der Waals surface area contributed by atoms with Gasteiger partial charge in [-0.1, -0.05) is 49.6 Å². The topological polar surface area (TPSA) is 63.2 Å². The molecule has 0 spiro atoms. The summed E-state index contributed by atoms with van der Waals surface area (Å²) in [6.07, 6.45) is 6.56. The molecule has 1 fully saturated rings. The third kappa shape index (κ3) is 6.35. The Bertz CT molecular complexity index is 1300. The third-order valence-electron chi connectivity index (χ3n) is 6.54. The first-order valence-corrected chi connectivity index (χ1v) is 12.4. The summed E-state index contributed by atoms with van der Waals surface area (Å²) in [4.78, 5) is 16.5. The van der Waals surface area contributed by atoms with Gasteiger partial charge >= 0.3 is 0 Å². The minimum Gasteiger partial charge on any atom is -0.493 e. The van der Waals surface area contributed by atoms with E-state index in [1.807, 2.05) is 60.7 Å². The molecule has 0 radical (unpaired) electrons. The number of nitrogens with one attached hydrogen (secondary N) is 2. The van der Waals surface area contributed by atoms with Gasteiger partial charge in [0.25, 0.3) is 0 Å². The van der Waals surface area contributed by atoms with Crippen molar-refractivity contribution < 1.29 is 9.53 Å². The lowest BCUT2D eigenvalue weighted by atomic mass is 9.90. The van der Waals surface area contributed by atoms with Gasteiger partial charge in [0.15, 0.2) is 0 Å². The first-order valence-electron chi connectivity index (χ1n) is 12.4. The first kappa shape index (κ1) is 25.5. The van der Waals surface area contributed by atoms with Crippen molar-refractivity contribution in [3.05, 3.63) is 78.9 Å². The van der Waals surface area contributed by atoms with Crippen LogP contribution in [0.25, 0.3) is 22.2 Å². The lowest BCUT2D eigenvalue weighted by Crippen LogP contribution is -2.15. The zero-order valence-corrected chi connectivity index (χ0v) is 21.3. The third-order valence-corrected chi connectivity index (χ3v) is 6.54. The Morgan fingerprint density at radius 1 is 0.917 bits per heavy atom. The number of nitrogens with zero attached hydrogens (tertiary/aromatic N) is 1. The van der Waals surface area contributed by atoms with Crippen LogP contribution in [0.4, 0.5) is 17.1 Å². The number of hydrogen-bond donors (Lipinski definition) is 2. The second kappa shape index (κ2) is 11.9. The molecule has 1 amide bonds. The Morgan fingerprint density at radius 3 is 2.36 bits per heavy atom. The number of carbonyl (C=O) groups excluding carboxylic acids is 1. The van der Waals surface area contributed by atoms with Gasteiger partial charge in [0.05, 0.1) is 23.5 Å². The van der Waals surface area contributed by atoms with Gasteiger partial charge in [0.1, 0.15) is 5.75 Å². The zero-order chi connectivity index (χ0) is 24.0. The standard InChI is InChI=1S/C30H31N3O2.ClH/c1-21(34)31-25-14-17-28-27(18-25)30(19-29(33-28)23-10-6-3-7-11-23)32-24-12-15-26(16-13-24)35-20-22-8-4-2-5-9-22;/h3,6-7,10-19,22H,2,4-5,8-9,20H2,1H3,(H,31,34)(H,32,33);1H. The molecular weight excluding hydrogens is 470 g/mol. The highest BCUT2D eigenvalue weighted by Crippen LogP contribution is 2.33. The van der Waals surface area contributed by atoms with Crippen LogP contribution < -0.4 is 15.4 Å². The molecule has 2 N–H and O–H groups in total. The molecule has 1 heterocycles. The second-order valence-electron chi connectivity index (χ2n) is 9.30. The van der Waals surface area contributed by atoms with Gasteiger partial charge in [0, 0.05) is 29.2 Å². The van der Waals surface area contributed by atoms with Gasteiger partial charge in [-0.3, -0.25) is 4.79 Å². The average molecular weight is 502 g/mol. The van der Waals surface area contributed by atoms with E-state index >= 15 is 0 Å². The number of fused-ring (bicyclic) bond motifs is 1. The summed E-state index contributed by atoms with van der Waals surface area (Å²) in [5.41, 5.74) is 5.43. The first-order chi connectivity index (χ1) is 17.1. The van der Waals surface area contributed by atoms with Crippen molar-refractivity contribution in [2.45, 2.75) is 39.0 Å². The number of carbonyl (C=O) groups is 1. The highest BCUT2D eigenvalue weighted by molar-refractivity contribution is 5.99. The van der Waals surface area contributed by atoms with Crippen LogP contribution in [-0.2, 0) is 4.79 Å². The minimum atomic E-state index is -0.100. The number of amides is 1. The second-order valence-corrected chi connectivity index (χ2v) is 9.30. The van der Waals surface area contributed by atoms with E-state index < -0.39 is 0 Å². The Labute approximate surface area is 218 Å². The van der Waals surface area contributed by atoms with Crippen molar-refractivity contribution >= 4 is 46.3 Å². The smallest absolute Gasteiger partial charge is 0.221 e. The van der Waals surface area contributed by atoms with Crippen LogP contribution in [0.3, 0.4) is 0 Å². The molecule has 186 valence electrons. The summed E-state index contributed by atoms with van der Waals surface area (Å²) in [5, 5.41) is 7.37. The summed E-state index contributed by atoms with van der Waals surface area (Å²) in [7, 11) is 0. The molecule has 5 rings (SSSR count). The number of pyridine rings is 1. The van der Waals surface area contributed by atoms with E-state index in [1.165, 1.54) is 39.0 Å². The maximum atomic E-state index is 11.6. The van der Waals surface area contributed by atoms with Crippen molar-refractivity contribution in [2.75, 3.05) is 17.2 Å². The highest BCUT2D eigenvalue weighted by atomic mass is 35.5. The molecule has 1 aliphatic rings. The van der Waals surface area contributed by atoms with Crippen LogP contribution >= 0.6 is 12.4 Å². The fourth-order valence-electron chi connectivity index (χ4n) is 4.72. The molecule has 1 aliphatic carbocycles. The van der Waals surface area contributed by atoms with Crippen molar-refractivity contribution in [1.82, 2.24) is 4.98 Å². The monoisotopic (exact) mass is 501 g/mol. The SMILES string of the molecule is CC(=O)Nc1ccc2nc(-c3ccccc3)cc(Nc3ccc(OCC4CCCCC4)cc3)c2c1.Cl. The average Bonchev–Trinajstić information content (AvgIpc) is 2.89. The van der Waals surface area contributed by atoms with Crippen LogP contribution in [0.1, 0.15) is 39.0 Å². The lowest BCUT2D eigenvalue weighted by molar-refractivity contribution is -0.114. The van der Waals surface area contributed by atoms with E-state index in [1.54, 1.807) is 0 Å². The fraction of sp³-hybridized carbons (Fsp3) is 0.267. The van der Waals surface area contributed by atoms with Crippen LogP contribution in [0.15, 0.2) is 78.9 Å². The van der Waals surface area contributed by atoms with Crippen LogP contribution in [0, 0.1) is 5.92 Å². The normalized spacial score (nSPS) is 13.6. The van der Waals surface area contributed by atoms with Gasteiger partial charge in [0.2, 0.25) is 5.91 Å². The van der Waals surface area contributed by atoms with Gasteiger partial charge in [-0.05, 0) is 67.3 Å². The van der Waals surface area contributed by atoms with Crippen molar-refractivity contribution in [3.8, 4) is 17.0 Å². The van der Waals surface area contributed by atoms with Gasteiger partial charge in [-0.15, -0.1) is 12.4 Å². The van der Waals surface area contributed by atoms with Crippen LogP contribution in [0.2, 0.25) is 0 Å². The van der Waals surface area contributed by atoms with E-state index in [2.05, 4.69) is 28.8 Å². The van der Waals surface area contributed by atoms with E-state index in [0.29, 0.717) is 5.92 Å². The molecule has 0 atom stereocenters. The zero-order valence-electron chi connectivity index (χ0n) is 20.5. The summed E-state index contributed by atoms with van der Waals surface area (Å²) in [6, 6.07) is 26.1. The van der Waals surface area contributed by atoms with E-state index in [0.717, 1.165) is 51.6 Å². The molecule has 0 unspecified atom stereocenters. The summed E-state index contributed by atoms with van der Waals surface area (Å²) < 4.78 is 6.07. The van der Waals surface area contributed by atoms with E-state index in [-0.39, 0.29) is 18.3 Å². The number of benzene rings is 3. The Balaban J connectivity index is 0.00000304. The molecule has 4 aromatic rings. The largest absolute Gasteiger partial charge is 0.493 e. The molecule has 0 saturated heterocycles. The van der Waals surface area contributed by atoms with Gasteiger partial charge in [-0.25, -0.2) is 4.98 Å².